The molecule has 0 aromatic carbocycles. The zero-order chi connectivity index (χ0) is 19.0. The molecule has 2 aliphatic rings. The molecule has 0 saturated carbocycles. The van der Waals surface area contributed by atoms with Crippen molar-refractivity contribution in [3.8, 4) is 0 Å². The van der Waals surface area contributed by atoms with Gasteiger partial charge in [0.15, 0.2) is 0 Å². The Morgan fingerprint density at radius 3 is 2.46 bits per heavy atom. The molecule has 0 aliphatic carbocycles. The van der Waals surface area contributed by atoms with Crippen molar-refractivity contribution < 1.29 is 9.59 Å². The van der Waals surface area contributed by atoms with E-state index in [9.17, 15) is 9.59 Å². The van der Waals surface area contributed by atoms with Crippen LogP contribution in [0.2, 0.25) is 0 Å². The van der Waals surface area contributed by atoms with Crippen LogP contribution in [0, 0.1) is 0 Å². The maximum Gasteiger partial charge on any atom is 0.271 e. The van der Waals surface area contributed by atoms with Crippen molar-refractivity contribution in [2.24, 2.45) is 0 Å². The maximum atomic E-state index is 13.5. The lowest BCUT2D eigenvalue weighted by Crippen LogP contribution is -2.46. The summed E-state index contributed by atoms with van der Waals surface area (Å²) in [7, 11) is 0. The molecule has 5 heteroatoms. The fourth-order valence-corrected chi connectivity index (χ4v) is 4.30. The van der Waals surface area contributed by atoms with Crippen LogP contribution in [-0.4, -0.2) is 45.3 Å². The van der Waals surface area contributed by atoms with Gasteiger partial charge in [0.05, 0.1) is 0 Å². The van der Waals surface area contributed by atoms with Gasteiger partial charge in [0.1, 0.15) is 5.69 Å². The van der Waals surface area contributed by atoms with Gasteiger partial charge in [0.2, 0.25) is 5.91 Å². The topological polar surface area (TPSA) is 45.6 Å². The van der Waals surface area contributed by atoms with E-state index in [2.05, 4.69) is 31.4 Å². The molecular weight excluding hydrogens is 326 g/mol. The average molecular weight is 357 g/mol. The molecule has 0 unspecified atom stereocenters. The van der Waals surface area contributed by atoms with Crippen molar-refractivity contribution in [1.29, 1.82) is 0 Å². The molecule has 2 aliphatic heterocycles. The highest BCUT2D eigenvalue weighted by Gasteiger charge is 2.34. The second kappa shape index (κ2) is 7.29. The van der Waals surface area contributed by atoms with Crippen molar-refractivity contribution in [1.82, 2.24) is 14.4 Å². The van der Waals surface area contributed by atoms with E-state index in [1.54, 1.807) is 6.92 Å². The van der Waals surface area contributed by atoms with Gasteiger partial charge in [0.25, 0.3) is 5.91 Å². The molecule has 0 atom stereocenters. The molecule has 0 fully saturated rings. The Bertz CT molecular complexity index is 758. The number of rotatable bonds is 2. The van der Waals surface area contributed by atoms with E-state index in [4.69, 9.17) is 0 Å². The Kier molecular flexibility index (Phi) is 5.26. The van der Waals surface area contributed by atoms with Crippen molar-refractivity contribution in [3.63, 3.8) is 0 Å². The molecule has 0 saturated heterocycles. The standard InChI is InChI=1S/C21H31N3O2/c1-6-15(4)19-17-13-22(16(5)25)11-12-23(14(2)3)21(26)20(17)24-10-8-7-9-18(19)24/h6,14H,7-13H2,1-5H3. The van der Waals surface area contributed by atoms with Gasteiger partial charge in [0, 0.05) is 56.0 Å². The molecule has 0 N–H and O–H groups in total. The van der Waals surface area contributed by atoms with Gasteiger partial charge in [-0.3, -0.25) is 9.59 Å². The first-order valence-corrected chi connectivity index (χ1v) is 9.80. The highest BCUT2D eigenvalue weighted by molar-refractivity contribution is 5.97. The Balaban J connectivity index is 2.27. The molecule has 26 heavy (non-hydrogen) atoms. The molecular formula is C21H31N3O2. The van der Waals surface area contributed by atoms with Crippen LogP contribution in [0.5, 0.6) is 0 Å². The molecule has 142 valence electrons. The van der Waals surface area contributed by atoms with Crippen molar-refractivity contribution in [2.75, 3.05) is 13.1 Å². The molecule has 0 radical (unpaired) electrons. The SMILES string of the molecule is CC=C(C)c1c2c(n3c1CCCC3)C(=O)N(C(C)C)CCN(C(C)=O)C2. The summed E-state index contributed by atoms with van der Waals surface area (Å²) in [6, 6.07) is 0.114. The average Bonchev–Trinajstić information content (AvgIpc) is 2.91. The predicted molar refractivity (Wildman–Crippen MR) is 104 cm³/mol. The number of hydrogen-bond acceptors (Lipinski definition) is 2. The van der Waals surface area contributed by atoms with Gasteiger partial charge < -0.3 is 14.4 Å². The third-order valence-corrected chi connectivity index (χ3v) is 5.84. The van der Waals surface area contributed by atoms with E-state index in [0.717, 1.165) is 37.1 Å². The molecule has 3 rings (SSSR count). The predicted octanol–water partition coefficient (Wildman–Crippen LogP) is 3.46. The van der Waals surface area contributed by atoms with E-state index in [0.29, 0.717) is 19.6 Å². The first kappa shape index (κ1) is 18.7. The minimum absolute atomic E-state index is 0.0715. The van der Waals surface area contributed by atoms with E-state index < -0.39 is 0 Å². The van der Waals surface area contributed by atoms with Gasteiger partial charge in [-0.05, 0) is 52.5 Å². The van der Waals surface area contributed by atoms with Gasteiger partial charge in [-0.25, -0.2) is 0 Å². The maximum absolute atomic E-state index is 13.5. The van der Waals surface area contributed by atoms with E-state index in [1.807, 2.05) is 16.7 Å². The summed E-state index contributed by atoms with van der Waals surface area (Å²) in [6.07, 6.45) is 5.38. The lowest BCUT2D eigenvalue weighted by atomic mass is 9.97. The summed E-state index contributed by atoms with van der Waals surface area (Å²) in [6.45, 7) is 12.5. The number of hydrogen-bond donors (Lipinski definition) is 0. The number of fused-ring (bicyclic) bond motifs is 3. The summed E-state index contributed by atoms with van der Waals surface area (Å²) >= 11 is 0. The lowest BCUT2D eigenvalue weighted by Gasteiger charge is -2.34. The largest absolute Gasteiger partial charge is 0.340 e. The normalized spacial score (nSPS) is 18.5. The van der Waals surface area contributed by atoms with Crippen LogP contribution in [0.15, 0.2) is 6.08 Å². The van der Waals surface area contributed by atoms with Crippen LogP contribution in [0.1, 0.15) is 74.8 Å². The van der Waals surface area contributed by atoms with Crippen LogP contribution < -0.4 is 0 Å². The highest BCUT2D eigenvalue weighted by atomic mass is 16.2. The monoisotopic (exact) mass is 357 g/mol. The number of aromatic nitrogens is 1. The minimum Gasteiger partial charge on any atom is -0.340 e. The molecule has 1 aromatic rings. The lowest BCUT2D eigenvalue weighted by molar-refractivity contribution is -0.129. The van der Waals surface area contributed by atoms with Crippen LogP contribution in [0.25, 0.3) is 5.57 Å². The van der Waals surface area contributed by atoms with Crippen LogP contribution >= 0.6 is 0 Å². The Labute approximate surface area is 156 Å². The quantitative estimate of drug-likeness (QED) is 0.814. The van der Waals surface area contributed by atoms with Crippen LogP contribution in [-0.2, 0) is 24.3 Å². The van der Waals surface area contributed by atoms with Crippen LogP contribution in [0.3, 0.4) is 0 Å². The first-order valence-electron chi connectivity index (χ1n) is 9.80. The third-order valence-electron chi connectivity index (χ3n) is 5.84. The highest BCUT2D eigenvalue weighted by Crippen LogP contribution is 2.36. The van der Waals surface area contributed by atoms with Crippen molar-refractivity contribution in [2.45, 2.75) is 73.0 Å². The van der Waals surface area contributed by atoms with E-state index in [1.165, 1.54) is 16.8 Å². The smallest absolute Gasteiger partial charge is 0.271 e. The van der Waals surface area contributed by atoms with Gasteiger partial charge in [-0.1, -0.05) is 6.08 Å². The summed E-state index contributed by atoms with van der Waals surface area (Å²) in [5, 5.41) is 0. The van der Waals surface area contributed by atoms with E-state index >= 15 is 0 Å². The number of allylic oxidation sites excluding steroid dienone is 2. The molecule has 0 spiro atoms. The zero-order valence-electron chi connectivity index (χ0n) is 16.8. The van der Waals surface area contributed by atoms with Crippen LogP contribution in [0.4, 0.5) is 0 Å². The van der Waals surface area contributed by atoms with Crippen molar-refractivity contribution >= 4 is 17.4 Å². The summed E-state index contributed by atoms with van der Waals surface area (Å²) < 4.78 is 2.25. The molecule has 5 nitrogen and oxygen atoms in total. The Morgan fingerprint density at radius 2 is 1.85 bits per heavy atom. The fourth-order valence-electron chi connectivity index (χ4n) is 4.30. The number of carbonyl (C=O) groups excluding carboxylic acids is 2. The second-order valence-corrected chi connectivity index (χ2v) is 7.76. The molecule has 1 aromatic heterocycles. The summed E-state index contributed by atoms with van der Waals surface area (Å²) in [5.74, 6) is 0.193. The zero-order valence-corrected chi connectivity index (χ0v) is 16.8. The van der Waals surface area contributed by atoms with Gasteiger partial charge in [-0.15, -0.1) is 0 Å². The molecule has 0 bridgehead atoms. The first-order chi connectivity index (χ1) is 12.4. The van der Waals surface area contributed by atoms with Crippen molar-refractivity contribution in [3.05, 3.63) is 28.6 Å². The fraction of sp³-hybridized carbons (Fsp3) is 0.619. The Hall–Kier alpha value is -2.04. The van der Waals surface area contributed by atoms with E-state index in [-0.39, 0.29) is 17.9 Å². The second-order valence-electron chi connectivity index (χ2n) is 7.76. The van der Waals surface area contributed by atoms with Gasteiger partial charge >= 0.3 is 0 Å². The molecule has 2 amide bonds. The Morgan fingerprint density at radius 1 is 1.12 bits per heavy atom. The number of amides is 2. The van der Waals surface area contributed by atoms with Gasteiger partial charge in [-0.2, -0.15) is 0 Å². The summed E-state index contributed by atoms with van der Waals surface area (Å²) in [4.78, 5) is 29.5. The summed E-state index contributed by atoms with van der Waals surface area (Å²) in [5.41, 5.74) is 5.54. The molecule has 3 heterocycles. The number of nitrogens with zero attached hydrogens (tertiary/aromatic N) is 3. The minimum atomic E-state index is 0.0715. The number of carbonyl (C=O) groups is 2. The third kappa shape index (κ3) is 3.08.